The van der Waals surface area contributed by atoms with E-state index in [9.17, 15) is 4.79 Å². The van der Waals surface area contributed by atoms with Gasteiger partial charge in [-0.05, 0) is 30.9 Å². The van der Waals surface area contributed by atoms with Gasteiger partial charge >= 0.3 is 0 Å². The van der Waals surface area contributed by atoms with E-state index in [1.165, 1.54) is 5.56 Å². The summed E-state index contributed by atoms with van der Waals surface area (Å²) in [7, 11) is 0. The Hall–Kier alpha value is -2.24. The summed E-state index contributed by atoms with van der Waals surface area (Å²) in [6.45, 7) is 4.15. The van der Waals surface area contributed by atoms with Crippen LogP contribution in [0.15, 0.2) is 41.8 Å². The molecular formula is C18H14N2OS2. The van der Waals surface area contributed by atoms with Crippen molar-refractivity contribution in [2.24, 2.45) is 0 Å². The van der Waals surface area contributed by atoms with Gasteiger partial charge in [-0.25, -0.2) is 4.98 Å². The SMILES string of the molecule is Cc1ccc(-c2c(C)sc3nc(-c4cccs4)c(C=O)n23)cc1. The number of fused-ring (bicyclic) bond motifs is 1. The zero-order valence-electron chi connectivity index (χ0n) is 12.7. The number of thiazole rings is 1. The number of imidazole rings is 1. The van der Waals surface area contributed by atoms with Crippen molar-refractivity contribution in [1.82, 2.24) is 9.38 Å². The van der Waals surface area contributed by atoms with Gasteiger partial charge in [-0.1, -0.05) is 35.9 Å². The molecule has 1 aromatic carbocycles. The lowest BCUT2D eigenvalue weighted by Crippen LogP contribution is -1.94. The highest BCUT2D eigenvalue weighted by Gasteiger charge is 2.21. The monoisotopic (exact) mass is 338 g/mol. The first-order chi connectivity index (χ1) is 11.2. The molecule has 5 heteroatoms. The molecule has 3 aromatic heterocycles. The van der Waals surface area contributed by atoms with E-state index in [0.29, 0.717) is 5.69 Å². The van der Waals surface area contributed by atoms with Crippen molar-refractivity contribution in [1.29, 1.82) is 0 Å². The van der Waals surface area contributed by atoms with Gasteiger partial charge in [-0.2, -0.15) is 0 Å². The van der Waals surface area contributed by atoms with Crippen LogP contribution in [-0.4, -0.2) is 15.7 Å². The molecule has 3 nitrogen and oxygen atoms in total. The number of hydrogen-bond donors (Lipinski definition) is 0. The minimum atomic E-state index is 0.627. The quantitative estimate of drug-likeness (QED) is 0.480. The maximum Gasteiger partial charge on any atom is 0.195 e. The fourth-order valence-corrected chi connectivity index (χ4v) is 4.51. The normalized spacial score (nSPS) is 11.2. The van der Waals surface area contributed by atoms with Gasteiger partial charge in [0.25, 0.3) is 0 Å². The van der Waals surface area contributed by atoms with Crippen LogP contribution in [0, 0.1) is 13.8 Å². The molecule has 4 rings (SSSR count). The molecule has 0 aliphatic heterocycles. The predicted molar refractivity (Wildman–Crippen MR) is 96.7 cm³/mol. The van der Waals surface area contributed by atoms with E-state index in [4.69, 9.17) is 4.98 Å². The topological polar surface area (TPSA) is 34.4 Å². The maximum absolute atomic E-state index is 11.8. The Morgan fingerprint density at radius 3 is 2.57 bits per heavy atom. The second-order valence-corrected chi connectivity index (χ2v) is 7.56. The van der Waals surface area contributed by atoms with Crippen LogP contribution >= 0.6 is 22.7 Å². The number of thiophene rings is 1. The maximum atomic E-state index is 11.8. The van der Waals surface area contributed by atoms with Crippen molar-refractivity contribution in [3.63, 3.8) is 0 Å². The second-order valence-electron chi connectivity index (χ2n) is 5.43. The Balaban J connectivity index is 2.03. The number of benzene rings is 1. The summed E-state index contributed by atoms with van der Waals surface area (Å²) in [5.74, 6) is 0. The molecule has 0 spiro atoms. The van der Waals surface area contributed by atoms with E-state index < -0.39 is 0 Å². The van der Waals surface area contributed by atoms with Gasteiger partial charge in [0.15, 0.2) is 11.2 Å². The molecule has 0 saturated heterocycles. The predicted octanol–water partition coefficient (Wildman–Crippen LogP) is 5.22. The molecule has 3 heterocycles. The first-order valence-electron chi connectivity index (χ1n) is 7.27. The Labute approximate surface area is 141 Å². The van der Waals surface area contributed by atoms with Crippen molar-refractivity contribution in [3.05, 3.63) is 57.9 Å². The van der Waals surface area contributed by atoms with E-state index in [-0.39, 0.29) is 0 Å². The fourth-order valence-electron chi connectivity index (χ4n) is 2.79. The highest BCUT2D eigenvalue weighted by Crippen LogP contribution is 2.36. The van der Waals surface area contributed by atoms with Gasteiger partial charge in [-0.15, -0.1) is 22.7 Å². The zero-order chi connectivity index (χ0) is 16.0. The van der Waals surface area contributed by atoms with Crippen LogP contribution < -0.4 is 0 Å². The van der Waals surface area contributed by atoms with Crippen molar-refractivity contribution < 1.29 is 4.79 Å². The van der Waals surface area contributed by atoms with Gasteiger partial charge in [0.2, 0.25) is 0 Å². The lowest BCUT2D eigenvalue weighted by molar-refractivity contribution is 0.111. The van der Waals surface area contributed by atoms with E-state index in [0.717, 1.165) is 38.0 Å². The largest absolute Gasteiger partial charge is 0.296 e. The average Bonchev–Trinajstić information content (AvgIpc) is 3.23. The molecule has 0 bridgehead atoms. The van der Waals surface area contributed by atoms with Crippen molar-refractivity contribution in [2.75, 3.05) is 0 Å². The third-order valence-corrected chi connectivity index (χ3v) is 5.71. The van der Waals surface area contributed by atoms with E-state index in [1.54, 1.807) is 22.7 Å². The number of aromatic nitrogens is 2. The molecule has 0 atom stereocenters. The molecular weight excluding hydrogens is 324 g/mol. The Morgan fingerprint density at radius 1 is 1.13 bits per heavy atom. The van der Waals surface area contributed by atoms with Gasteiger partial charge in [0.05, 0.1) is 10.6 Å². The minimum Gasteiger partial charge on any atom is -0.296 e. The highest BCUT2D eigenvalue weighted by molar-refractivity contribution is 7.17. The van der Waals surface area contributed by atoms with Crippen LogP contribution in [0.3, 0.4) is 0 Å². The van der Waals surface area contributed by atoms with Crippen molar-refractivity contribution >= 4 is 33.9 Å². The molecule has 0 amide bonds. The standard InChI is InChI=1S/C18H14N2OS2/c1-11-5-7-13(8-6-11)17-12(2)23-18-19-16(14(10-21)20(17)18)15-4-3-9-22-15/h3-10H,1-2H3. The summed E-state index contributed by atoms with van der Waals surface area (Å²) in [6, 6.07) is 12.4. The van der Waals surface area contributed by atoms with E-state index in [2.05, 4.69) is 38.1 Å². The summed E-state index contributed by atoms with van der Waals surface area (Å²) in [5.41, 5.74) is 4.79. The first-order valence-corrected chi connectivity index (χ1v) is 8.96. The molecule has 4 aromatic rings. The highest BCUT2D eigenvalue weighted by atomic mass is 32.1. The number of rotatable bonds is 3. The molecule has 0 fully saturated rings. The Morgan fingerprint density at radius 2 is 1.91 bits per heavy atom. The number of carbonyl (C=O) groups is 1. The van der Waals surface area contributed by atoms with Crippen LogP contribution in [0.4, 0.5) is 0 Å². The summed E-state index contributed by atoms with van der Waals surface area (Å²) >= 11 is 3.22. The van der Waals surface area contributed by atoms with Crippen LogP contribution in [0.2, 0.25) is 0 Å². The molecule has 0 saturated carbocycles. The first kappa shape index (κ1) is 14.4. The second kappa shape index (κ2) is 5.44. The molecule has 114 valence electrons. The van der Waals surface area contributed by atoms with Crippen LogP contribution in [0.5, 0.6) is 0 Å². The number of nitrogens with zero attached hydrogens (tertiary/aromatic N) is 2. The third kappa shape index (κ3) is 2.24. The average molecular weight is 338 g/mol. The van der Waals surface area contributed by atoms with Gasteiger partial charge in [0.1, 0.15) is 11.4 Å². The summed E-state index contributed by atoms with van der Waals surface area (Å²) in [4.78, 5) is 19.6. The summed E-state index contributed by atoms with van der Waals surface area (Å²) in [6.07, 6.45) is 0.916. The van der Waals surface area contributed by atoms with E-state index >= 15 is 0 Å². The fraction of sp³-hybridized carbons (Fsp3) is 0.111. The molecule has 0 radical (unpaired) electrons. The van der Waals surface area contributed by atoms with Crippen LogP contribution in [0.25, 0.3) is 26.8 Å². The molecule has 0 unspecified atom stereocenters. The Kier molecular flexibility index (Phi) is 3.39. The Bertz CT molecular complexity index is 992. The van der Waals surface area contributed by atoms with Crippen molar-refractivity contribution in [3.8, 4) is 21.8 Å². The number of aryl methyl sites for hydroxylation is 2. The lowest BCUT2D eigenvalue weighted by atomic mass is 10.1. The van der Waals surface area contributed by atoms with Gasteiger partial charge in [0, 0.05) is 4.88 Å². The van der Waals surface area contributed by atoms with E-state index in [1.807, 2.05) is 21.9 Å². The summed E-state index contributed by atoms with van der Waals surface area (Å²) < 4.78 is 1.99. The number of aldehydes is 1. The third-order valence-electron chi connectivity index (χ3n) is 3.87. The molecule has 0 aliphatic rings. The summed E-state index contributed by atoms with van der Waals surface area (Å²) in [5, 5.41) is 2.00. The zero-order valence-corrected chi connectivity index (χ0v) is 14.4. The smallest absolute Gasteiger partial charge is 0.195 e. The van der Waals surface area contributed by atoms with Gasteiger partial charge < -0.3 is 0 Å². The molecule has 23 heavy (non-hydrogen) atoms. The van der Waals surface area contributed by atoms with Gasteiger partial charge in [-0.3, -0.25) is 9.20 Å². The number of carbonyl (C=O) groups excluding carboxylic acids is 1. The van der Waals surface area contributed by atoms with Crippen LogP contribution in [-0.2, 0) is 0 Å². The lowest BCUT2D eigenvalue weighted by Gasteiger charge is -2.04. The number of hydrogen-bond acceptors (Lipinski definition) is 4. The molecule has 0 aliphatic carbocycles. The molecule has 0 N–H and O–H groups in total. The minimum absolute atomic E-state index is 0.627. The van der Waals surface area contributed by atoms with Crippen molar-refractivity contribution in [2.45, 2.75) is 13.8 Å². The van der Waals surface area contributed by atoms with Crippen LogP contribution in [0.1, 0.15) is 20.9 Å².